The number of carbonyl (C=O) groups excluding carboxylic acids is 1. The van der Waals surface area contributed by atoms with Crippen LogP contribution in [-0.2, 0) is 16.1 Å². The molecule has 1 aliphatic rings. The number of rotatable bonds is 9. The fourth-order valence-electron chi connectivity index (χ4n) is 4.83. The Labute approximate surface area is 266 Å². The van der Waals surface area contributed by atoms with Crippen molar-refractivity contribution in [2.45, 2.75) is 46.4 Å². The van der Waals surface area contributed by atoms with Crippen molar-refractivity contribution in [2.75, 3.05) is 6.61 Å². The molecular weight excluding hydrogens is 652 g/mol. The van der Waals surface area contributed by atoms with Gasteiger partial charge in [0.25, 0.3) is 5.56 Å². The largest absolute Gasteiger partial charge is 0.491 e. The lowest BCUT2D eigenvalue weighted by molar-refractivity contribution is -0.139. The molecule has 0 unspecified atom stereocenters. The van der Waals surface area contributed by atoms with E-state index in [0.29, 0.717) is 48.3 Å². The Balaban J connectivity index is 1.66. The maximum atomic E-state index is 14.2. The van der Waals surface area contributed by atoms with E-state index in [0.717, 1.165) is 10.0 Å². The van der Waals surface area contributed by atoms with Gasteiger partial charge in [-0.25, -0.2) is 9.79 Å². The predicted octanol–water partition coefficient (Wildman–Crippen LogP) is 6.58. The van der Waals surface area contributed by atoms with Crippen molar-refractivity contribution in [1.82, 2.24) is 4.57 Å². The molecule has 3 aromatic carbocycles. The standard InChI is InChI=1S/C33H30BrClN2O5S/c1-5-40-32(39)29-20(4)36-33-37(30(29)24-11-7-9-13-27(24)42-19(2)3)31(38)28(43-33)17-22-16-23(34)14-15-26(22)41-18-21-10-6-8-12-25(21)35/h6-17,19,30H,5,18H2,1-4H3/b28-17+/t30-/m1/s1. The number of carbonyl (C=O) groups is 1. The van der Waals surface area contributed by atoms with Crippen LogP contribution in [0.4, 0.5) is 0 Å². The third kappa shape index (κ3) is 6.64. The van der Waals surface area contributed by atoms with Crippen LogP contribution in [0.25, 0.3) is 6.08 Å². The summed E-state index contributed by atoms with van der Waals surface area (Å²) < 4.78 is 20.5. The van der Waals surface area contributed by atoms with E-state index in [1.54, 1.807) is 24.5 Å². The molecule has 2 heterocycles. The fraction of sp³-hybridized carbons (Fsp3) is 0.242. The molecule has 5 rings (SSSR count). The van der Waals surface area contributed by atoms with Crippen LogP contribution < -0.4 is 24.4 Å². The van der Waals surface area contributed by atoms with Crippen molar-refractivity contribution in [1.29, 1.82) is 0 Å². The van der Waals surface area contributed by atoms with Crippen LogP contribution >= 0.6 is 38.9 Å². The Bertz CT molecular complexity index is 1900. The van der Waals surface area contributed by atoms with Gasteiger partial charge in [0.2, 0.25) is 0 Å². The van der Waals surface area contributed by atoms with Gasteiger partial charge in [0.05, 0.1) is 28.5 Å². The Morgan fingerprint density at radius 3 is 2.60 bits per heavy atom. The lowest BCUT2D eigenvalue weighted by atomic mass is 9.95. The van der Waals surface area contributed by atoms with E-state index in [1.165, 1.54) is 11.3 Å². The number of allylic oxidation sites excluding steroid dienone is 1. The lowest BCUT2D eigenvalue weighted by Crippen LogP contribution is -2.40. The van der Waals surface area contributed by atoms with E-state index in [4.69, 9.17) is 25.8 Å². The molecular formula is C33H30BrClN2O5S. The third-order valence-electron chi connectivity index (χ3n) is 6.69. The van der Waals surface area contributed by atoms with Crippen molar-refractivity contribution < 1.29 is 19.0 Å². The molecule has 0 saturated heterocycles. The SMILES string of the molecule is CCOC(=O)C1=C(C)N=c2s/c(=C/c3cc(Br)ccc3OCc3ccccc3Cl)c(=O)n2[C@@H]1c1ccccc1OC(C)C. The minimum Gasteiger partial charge on any atom is -0.491 e. The van der Waals surface area contributed by atoms with E-state index in [2.05, 4.69) is 20.9 Å². The van der Waals surface area contributed by atoms with E-state index in [1.807, 2.05) is 80.6 Å². The summed E-state index contributed by atoms with van der Waals surface area (Å²) in [5.74, 6) is 0.644. The zero-order valence-electron chi connectivity index (χ0n) is 24.1. The number of esters is 1. The quantitative estimate of drug-likeness (QED) is 0.187. The zero-order chi connectivity index (χ0) is 30.7. The third-order valence-corrected chi connectivity index (χ3v) is 8.54. The minimum absolute atomic E-state index is 0.117. The van der Waals surface area contributed by atoms with Gasteiger partial charge in [-0.05, 0) is 64.1 Å². The number of nitrogens with zero attached hydrogens (tertiary/aromatic N) is 2. The molecule has 10 heteroatoms. The van der Waals surface area contributed by atoms with Crippen LogP contribution in [0.5, 0.6) is 11.5 Å². The zero-order valence-corrected chi connectivity index (χ0v) is 27.3. The monoisotopic (exact) mass is 680 g/mol. The van der Waals surface area contributed by atoms with Gasteiger partial charge in [-0.3, -0.25) is 9.36 Å². The lowest BCUT2D eigenvalue weighted by Gasteiger charge is -2.26. The van der Waals surface area contributed by atoms with Gasteiger partial charge in [-0.2, -0.15) is 0 Å². The summed E-state index contributed by atoms with van der Waals surface area (Å²) >= 11 is 11.1. The summed E-state index contributed by atoms with van der Waals surface area (Å²) in [7, 11) is 0. The van der Waals surface area contributed by atoms with Gasteiger partial charge < -0.3 is 14.2 Å². The number of aromatic nitrogens is 1. The van der Waals surface area contributed by atoms with Gasteiger partial charge >= 0.3 is 5.97 Å². The molecule has 0 amide bonds. The second-order valence-corrected chi connectivity index (χ2v) is 12.4. The Morgan fingerprint density at radius 1 is 1.12 bits per heavy atom. The molecule has 0 bridgehead atoms. The van der Waals surface area contributed by atoms with Crippen molar-refractivity contribution in [2.24, 2.45) is 4.99 Å². The molecule has 222 valence electrons. The first-order chi connectivity index (χ1) is 20.7. The van der Waals surface area contributed by atoms with Crippen LogP contribution in [0.1, 0.15) is 50.4 Å². The number of para-hydroxylation sites is 1. The Morgan fingerprint density at radius 2 is 1.86 bits per heavy atom. The highest BCUT2D eigenvalue weighted by Crippen LogP contribution is 2.36. The van der Waals surface area contributed by atoms with Crippen molar-refractivity contribution in [3.05, 3.63) is 124 Å². The highest BCUT2D eigenvalue weighted by atomic mass is 79.9. The molecule has 43 heavy (non-hydrogen) atoms. The summed E-state index contributed by atoms with van der Waals surface area (Å²) in [4.78, 5) is 32.7. The van der Waals surface area contributed by atoms with Crippen molar-refractivity contribution in [3.63, 3.8) is 0 Å². The molecule has 4 aromatic rings. The van der Waals surface area contributed by atoms with E-state index in [9.17, 15) is 9.59 Å². The van der Waals surface area contributed by atoms with Crippen LogP contribution in [0.15, 0.2) is 92.3 Å². The molecule has 1 atom stereocenters. The number of hydrogen-bond acceptors (Lipinski definition) is 7. The van der Waals surface area contributed by atoms with E-state index in [-0.39, 0.29) is 24.9 Å². The normalized spacial score (nSPS) is 14.9. The summed E-state index contributed by atoms with van der Waals surface area (Å²) in [5, 5.41) is 0.615. The first kappa shape index (κ1) is 30.8. The maximum absolute atomic E-state index is 14.2. The summed E-state index contributed by atoms with van der Waals surface area (Å²) in [5.41, 5.74) is 2.72. The van der Waals surface area contributed by atoms with Crippen LogP contribution in [0, 0.1) is 0 Å². The van der Waals surface area contributed by atoms with Gasteiger partial charge in [-0.15, -0.1) is 0 Å². The molecule has 7 nitrogen and oxygen atoms in total. The molecule has 0 fully saturated rings. The van der Waals surface area contributed by atoms with E-state index < -0.39 is 12.0 Å². The fourth-order valence-corrected chi connectivity index (χ4v) is 6.44. The topological polar surface area (TPSA) is 79.1 Å². The molecule has 0 aliphatic carbocycles. The van der Waals surface area contributed by atoms with Crippen LogP contribution in [-0.4, -0.2) is 23.2 Å². The first-order valence-electron chi connectivity index (χ1n) is 13.8. The average molecular weight is 682 g/mol. The highest BCUT2D eigenvalue weighted by molar-refractivity contribution is 9.10. The minimum atomic E-state index is -0.786. The number of benzene rings is 3. The summed E-state index contributed by atoms with van der Waals surface area (Å²) in [6.45, 7) is 7.82. The van der Waals surface area contributed by atoms with Crippen molar-refractivity contribution in [3.8, 4) is 11.5 Å². The maximum Gasteiger partial charge on any atom is 0.338 e. The van der Waals surface area contributed by atoms with E-state index >= 15 is 0 Å². The molecule has 1 aliphatic heterocycles. The smallest absolute Gasteiger partial charge is 0.338 e. The average Bonchev–Trinajstić information content (AvgIpc) is 3.26. The molecule has 0 radical (unpaired) electrons. The van der Waals surface area contributed by atoms with Gasteiger partial charge in [0.15, 0.2) is 4.80 Å². The number of halogens is 2. The first-order valence-corrected chi connectivity index (χ1v) is 15.8. The number of thiazole rings is 1. The summed E-state index contributed by atoms with van der Waals surface area (Å²) in [6.07, 6.45) is 1.67. The van der Waals surface area contributed by atoms with Crippen LogP contribution in [0.2, 0.25) is 5.02 Å². The Hall–Kier alpha value is -3.66. The second-order valence-electron chi connectivity index (χ2n) is 10.1. The predicted molar refractivity (Wildman–Crippen MR) is 173 cm³/mol. The van der Waals surface area contributed by atoms with Gasteiger partial charge in [-0.1, -0.05) is 75.3 Å². The molecule has 0 spiro atoms. The number of ether oxygens (including phenoxy) is 3. The molecule has 1 aromatic heterocycles. The molecule has 0 N–H and O–H groups in total. The number of fused-ring (bicyclic) bond motifs is 1. The van der Waals surface area contributed by atoms with Crippen LogP contribution in [0.3, 0.4) is 0 Å². The molecule has 0 saturated carbocycles. The Kier molecular flexibility index (Phi) is 9.54. The van der Waals surface area contributed by atoms with Gasteiger partial charge in [0.1, 0.15) is 24.1 Å². The number of hydrogen-bond donors (Lipinski definition) is 0. The van der Waals surface area contributed by atoms with Crippen molar-refractivity contribution >= 4 is 50.9 Å². The summed E-state index contributed by atoms with van der Waals surface area (Å²) in [6, 6.07) is 19.7. The second kappa shape index (κ2) is 13.3. The van der Waals surface area contributed by atoms with Gasteiger partial charge in [0, 0.05) is 26.2 Å². The highest BCUT2D eigenvalue weighted by Gasteiger charge is 2.35.